The number of rotatable bonds is 4. The highest BCUT2D eigenvalue weighted by atomic mass is 35.7. The van der Waals surface area contributed by atoms with Crippen molar-refractivity contribution in [3.05, 3.63) is 42.1 Å². The van der Waals surface area contributed by atoms with Gasteiger partial charge >= 0.3 is 0 Å². The van der Waals surface area contributed by atoms with Crippen LogP contribution in [0.2, 0.25) is 0 Å². The topological polar surface area (TPSA) is 67.3 Å². The largest absolute Gasteiger partial charge is 0.341 e. The number of pyridine rings is 1. The van der Waals surface area contributed by atoms with Crippen LogP contribution in [0.25, 0.3) is 10.9 Å². The van der Waals surface area contributed by atoms with Crippen LogP contribution in [-0.4, -0.2) is 42.5 Å². The van der Waals surface area contributed by atoms with E-state index in [0.29, 0.717) is 13.0 Å². The van der Waals surface area contributed by atoms with E-state index >= 15 is 0 Å². The predicted octanol–water partition coefficient (Wildman–Crippen LogP) is 1.95. The Kier molecular flexibility index (Phi) is 4.06. The van der Waals surface area contributed by atoms with E-state index in [1.54, 1.807) is 11.1 Å². The second-order valence-corrected chi connectivity index (χ2v) is 8.29. The molecule has 0 aliphatic carbocycles. The minimum absolute atomic E-state index is 0.0249. The lowest BCUT2D eigenvalue weighted by Crippen LogP contribution is -2.29. The molecular weight excluding hydrogens is 324 g/mol. The number of carbonyl (C=O) groups excluding carboxylic acids is 1. The molecule has 1 amide bonds. The Morgan fingerprint density at radius 2 is 2.09 bits per heavy atom. The van der Waals surface area contributed by atoms with Crippen LogP contribution in [0.1, 0.15) is 12.0 Å². The number of aromatic nitrogens is 1. The van der Waals surface area contributed by atoms with Gasteiger partial charge in [0, 0.05) is 41.8 Å². The summed E-state index contributed by atoms with van der Waals surface area (Å²) < 4.78 is 22.7. The SMILES string of the molecule is O=C1CC(S(=O)(=O)Cl)CN1CCc1cccc2ncccc12. The van der Waals surface area contributed by atoms with Gasteiger partial charge in [-0.2, -0.15) is 0 Å². The molecule has 22 heavy (non-hydrogen) atoms. The number of likely N-dealkylation sites (tertiary alicyclic amines) is 1. The summed E-state index contributed by atoms with van der Waals surface area (Å²) in [5.41, 5.74) is 2.00. The molecular formula is C15H15ClN2O3S. The molecule has 7 heteroatoms. The molecule has 3 rings (SSSR count). The Hall–Kier alpha value is -1.66. The summed E-state index contributed by atoms with van der Waals surface area (Å²) in [5, 5.41) is 0.258. The number of benzene rings is 1. The summed E-state index contributed by atoms with van der Waals surface area (Å²) in [5.74, 6) is -0.160. The molecule has 1 aliphatic heterocycles. The van der Waals surface area contributed by atoms with Crippen molar-refractivity contribution in [2.24, 2.45) is 0 Å². The third kappa shape index (κ3) is 3.08. The molecule has 0 radical (unpaired) electrons. The summed E-state index contributed by atoms with van der Waals surface area (Å²) >= 11 is 0. The second-order valence-electron chi connectivity index (χ2n) is 5.38. The number of fused-ring (bicyclic) bond motifs is 1. The number of hydrogen-bond acceptors (Lipinski definition) is 4. The maximum Gasteiger partial charge on any atom is 0.237 e. The number of nitrogens with zero attached hydrogens (tertiary/aromatic N) is 2. The minimum Gasteiger partial charge on any atom is -0.341 e. The molecule has 0 saturated carbocycles. The van der Waals surface area contributed by atoms with Crippen LogP contribution in [0.15, 0.2) is 36.5 Å². The van der Waals surface area contributed by atoms with Crippen molar-refractivity contribution in [3.63, 3.8) is 0 Å². The van der Waals surface area contributed by atoms with E-state index in [0.717, 1.165) is 16.5 Å². The highest BCUT2D eigenvalue weighted by Crippen LogP contribution is 2.22. The van der Waals surface area contributed by atoms with Crippen LogP contribution < -0.4 is 0 Å². The van der Waals surface area contributed by atoms with Gasteiger partial charge in [-0.25, -0.2) is 8.42 Å². The fourth-order valence-corrected chi connectivity index (χ4v) is 3.84. The first-order valence-corrected chi connectivity index (χ1v) is 9.36. The van der Waals surface area contributed by atoms with E-state index < -0.39 is 14.3 Å². The molecule has 1 aromatic heterocycles. The average Bonchev–Trinajstić information content (AvgIpc) is 2.86. The Morgan fingerprint density at radius 3 is 2.82 bits per heavy atom. The highest BCUT2D eigenvalue weighted by Gasteiger charge is 2.36. The van der Waals surface area contributed by atoms with Gasteiger partial charge in [0.15, 0.2) is 0 Å². The lowest BCUT2D eigenvalue weighted by Gasteiger charge is -2.16. The molecule has 1 saturated heterocycles. The predicted molar refractivity (Wildman–Crippen MR) is 85.2 cm³/mol. The first kappa shape index (κ1) is 15.2. The fraction of sp³-hybridized carbons (Fsp3) is 0.333. The van der Waals surface area contributed by atoms with Crippen LogP contribution in [0.5, 0.6) is 0 Å². The number of carbonyl (C=O) groups is 1. The maximum absolute atomic E-state index is 11.9. The van der Waals surface area contributed by atoms with Gasteiger partial charge in [0.25, 0.3) is 0 Å². The van der Waals surface area contributed by atoms with E-state index in [1.807, 2.05) is 30.3 Å². The van der Waals surface area contributed by atoms with Gasteiger partial charge in [-0.05, 0) is 24.1 Å². The molecule has 2 aromatic rings. The maximum atomic E-state index is 11.9. The molecule has 0 bridgehead atoms. The molecule has 0 spiro atoms. The summed E-state index contributed by atoms with van der Waals surface area (Å²) in [7, 11) is 1.66. The number of hydrogen-bond donors (Lipinski definition) is 0. The van der Waals surface area contributed by atoms with Gasteiger partial charge in [-0.1, -0.05) is 18.2 Å². The van der Waals surface area contributed by atoms with Gasteiger partial charge in [-0.3, -0.25) is 9.78 Å². The molecule has 1 aromatic carbocycles. The zero-order valence-electron chi connectivity index (χ0n) is 11.8. The Morgan fingerprint density at radius 1 is 1.27 bits per heavy atom. The quantitative estimate of drug-likeness (QED) is 0.799. The van der Waals surface area contributed by atoms with Crippen molar-refractivity contribution in [3.8, 4) is 0 Å². The smallest absolute Gasteiger partial charge is 0.237 e. The van der Waals surface area contributed by atoms with E-state index in [1.165, 1.54) is 0 Å². The van der Waals surface area contributed by atoms with Crippen LogP contribution >= 0.6 is 10.7 Å². The molecule has 1 fully saturated rings. The number of halogens is 1. The fourth-order valence-electron chi connectivity index (χ4n) is 2.78. The normalized spacial score (nSPS) is 19.0. The molecule has 1 atom stereocenters. The van der Waals surface area contributed by atoms with Crippen LogP contribution in [0.3, 0.4) is 0 Å². The van der Waals surface area contributed by atoms with Gasteiger partial charge in [0.2, 0.25) is 15.0 Å². The summed E-state index contributed by atoms with van der Waals surface area (Å²) in [6.07, 6.45) is 2.37. The second kappa shape index (κ2) is 5.85. The third-order valence-electron chi connectivity index (χ3n) is 3.96. The molecule has 5 nitrogen and oxygen atoms in total. The van der Waals surface area contributed by atoms with E-state index in [2.05, 4.69) is 4.98 Å². The Labute approximate surface area is 133 Å². The van der Waals surface area contributed by atoms with Crippen LogP contribution in [0.4, 0.5) is 0 Å². The van der Waals surface area contributed by atoms with Gasteiger partial charge in [-0.15, -0.1) is 0 Å². The monoisotopic (exact) mass is 338 g/mol. The van der Waals surface area contributed by atoms with Crippen LogP contribution in [-0.2, 0) is 20.3 Å². The highest BCUT2D eigenvalue weighted by molar-refractivity contribution is 8.14. The lowest BCUT2D eigenvalue weighted by molar-refractivity contribution is -0.127. The van der Waals surface area contributed by atoms with Crippen molar-refractivity contribution in [1.82, 2.24) is 9.88 Å². The molecule has 0 N–H and O–H groups in total. The summed E-state index contributed by atoms with van der Waals surface area (Å²) in [6.45, 7) is 0.656. The Bertz CT molecular complexity index is 817. The van der Waals surface area contributed by atoms with Gasteiger partial charge in [0.05, 0.1) is 5.52 Å². The minimum atomic E-state index is -3.69. The molecule has 1 unspecified atom stereocenters. The lowest BCUT2D eigenvalue weighted by atomic mass is 10.1. The first-order valence-electron chi connectivity index (χ1n) is 6.99. The van der Waals surface area contributed by atoms with Crippen molar-refractivity contribution < 1.29 is 13.2 Å². The molecule has 2 heterocycles. The molecule has 116 valence electrons. The Balaban J connectivity index is 1.74. The standard InChI is InChI=1S/C15H15ClN2O3S/c16-22(20,21)12-9-15(19)18(10-12)8-6-11-3-1-5-14-13(11)4-2-7-17-14/h1-5,7,12H,6,8-10H2. The zero-order valence-corrected chi connectivity index (χ0v) is 13.3. The summed E-state index contributed by atoms with van der Waals surface area (Å²) in [4.78, 5) is 17.8. The van der Waals surface area contributed by atoms with Gasteiger partial charge in [0.1, 0.15) is 5.25 Å². The third-order valence-corrected chi connectivity index (χ3v) is 5.83. The first-order chi connectivity index (χ1) is 10.4. The average molecular weight is 339 g/mol. The van der Waals surface area contributed by atoms with Crippen molar-refractivity contribution >= 4 is 36.5 Å². The zero-order chi connectivity index (χ0) is 15.7. The van der Waals surface area contributed by atoms with Crippen LogP contribution in [0, 0.1) is 0 Å². The molecule has 1 aliphatic rings. The van der Waals surface area contributed by atoms with E-state index in [9.17, 15) is 13.2 Å². The summed E-state index contributed by atoms with van der Waals surface area (Å²) in [6, 6.07) is 9.75. The van der Waals surface area contributed by atoms with Crippen molar-refractivity contribution in [2.75, 3.05) is 13.1 Å². The van der Waals surface area contributed by atoms with Crippen molar-refractivity contribution in [1.29, 1.82) is 0 Å². The van der Waals surface area contributed by atoms with Gasteiger partial charge < -0.3 is 4.90 Å². The van der Waals surface area contributed by atoms with E-state index in [-0.39, 0.29) is 18.9 Å². The van der Waals surface area contributed by atoms with Crippen molar-refractivity contribution in [2.45, 2.75) is 18.1 Å². The van der Waals surface area contributed by atoms with E-state index in [4.69, 9.17) is 10.7 Å². The number of amides is 1.